The van der Waals surface area contributed by atoms with Crippen molar-refractivity contribution in [2.45, 2.75) is 45.3 Å². The number of carbonyl (C=O) groups excluding carboxylic acids is 1. The second-order valence-electron chi connectivity index (χ2n) is 4.25. The number of aliphatic hydroxyl groups excluding tert-OH is 1. The van der Waals surface area contributed by atoms with Crippen LogP contribution in [0.25, 0.3) is 0 Å². The van der Waals surface area contributed by atoms with E-state index in [0.29, 0.717) is 12.3 Å². The van der Waals surface area contributed by atoms with E-state index in [1.54, 1.807) is 18.5 Å². The first-order chi connectivity index (χ1) is 8.15. The second-order valence-corrected chi connectivity index (χ2v) is 4.25. The molecule has 2 rings (SSSR count). The molecule has 6 heteroatoms. The fourth-order valence-corrected chi connectivity index (χ4v) is 2.25. The molecule has 0 aliphatic heterocycles. The van der Waals surface area contributed by atoms with Gasteiger partial charge < -0.3 is 9.84 Å². The lowest BCUT2D eigenvalue weighted by Gasteiger charge is -2.15. The van der Waals surface area contributed by atoms with Crippen LogP contribution in [0.15, 0.2) is 0 Å². The summed E-state index contributed by atoms with van der Waals surface area (Å²) in [6.07, 6.45) is 2.22. The number of hydrogen-bond donors (Lipinski definition) is 1. The minimum atomic E-state index is -0.455. The third-order valence-corrected chi connectivity index (χ3v) is 3.15. The minimum Gasteiger partial charge on any atom is -0.461 e. The molecule has 1 aromatic rings. The molecule has 0 bridgehead atoms. The van der Waals surface area contributed by atoms with Crippen molar-refractivity contribution in [3.05, 3.63) is 11.4 Å². The predicted octanol–water partition coefficient (Wildman–Crippen LogP) is 0.849. The molecule has 1 saturated carbocycles. The van der Waals surface area contributed by atoms with Crippen molar-refractivity contribution in [1.29, 1.82) is 0 Å². The Morgan fingerprint density at radius 2 is 2.35 bits per heavy atom. The van der Waals surface area contributed by atoms with E-state index in [1.165, 1.54) is 0 Å². The lowest BCUT2D eigenvalue weighted by atomic mass is 10.2. The summed E-state index contributed by atoms with van der Waals surface area (Å²) < 4.78 is 6.54. The van der Waals surface area contributed by atoms with E-state index in [-0.39, 0.29) is 11.7 Å². The Balaban J connectivity index is 2.23. The van der Waals surface area contributed by atoms with E-state index >= 15 is 0 Å². The van der Waals surface area contributed by atoms with E-state index in [9.17, 15) is 9.90 Å². The Bertz CT molecular complexity index is 416. The molecule has 6 nitrogen and oxygen atoms in total. The predicted molar refractivity (Wildman–Crippen MR) is 59.6 cm³/mol. The summed E-state index contributed by atoms with van der Waals surface area (Å²) >= 11 is 0. The Morgan fingerprint density at radius 1 is 1.59 bits per heavy atom. The van der Waals surface area contributed by atoms with E-state index in [1.807, 2.05) is 0 Å². The van der Waals surface area contributed by atoms with Gasteiger partial charge in [0.2, 0.25) is 0 Å². The number of aromatic nitrogens is 3. The van der Waals surface area contributed by atoms with E-state index in [4.69, 9.17) is 4.74 Å². The monoisotopic (exact) mass is 239 g/mol. The number of ether oxygens (including phenoxy) is 1. The Hall–Kier alpha value is -1.43. The third-order valence-electron chi connectivity index (χ3n) is 3.15. The molecule has 0 spiro atoms. The molecular formula is C11H17N3O3. The average molecular weight is 239 g/mol. The standard InChI is InChI=1S/C11H17N3O3/c1-3-17-11(16)10-7(2)14(13-12-10)8-5-4-6-9(8)15/h8-9,15H,3-6H2,1-2H3. The third kappa shape index (κ3) is 2.17. The maximum Gasteiger partial charge on any atom is 0.360 e. The molecule has 2 atom stereocenters. The molecule has 1 aliphatic carbocycles. The van der Waals surface area contributed by atoms with Gasteiger partial charge in [-0.3, -0.25) is 0 Å². The van der Waals surface area contributed by atoms with Crippen molar-refractivity contribution in [1.82, 2.24) is 15.0 Å². The second kappa shape index (κ2) is 4.83. The highest BCUT2D eigenvalue weighted by Gasteiger charge is 2.30. The quantitative estimate of drug-likeness (QED) is 0.791. The first-order valence-corrected chi connectivity index (χ1v) is 5.92. The summed E-state index contributed by atoms with van der Waals surface area (Å²) in [5.74, 6) is -0.455. The summed E-state index contributed by atoms with van der Waals surface area (Å²) in [7, 11) is 0. The smallest absolute Gasteiger partial charge is 0.360 e. The Kier molecular flexibility index (Phi) is 3.42. The number of rotatable bonds is 3. The lowest BCUT2D eigenvalue weighted by Crippen LogP contribution is -2.20. The summed E-state index contributed by atoms with van der Waals surface area (Å²) in [5, 5.41) is 17.6. The van der Waals surface area contributed by atoms with Crippen LogP contribution in [0, 0.1) is 6.92 Å². The van der Waals surface area contributed by atoms with Gasteiger partial charge >= 0.3 is 5.97 Å². The van der Waals surface area contributed by atoms with Crippen molar-refractivity contribution in [3.8, 4) is 0 Å². The largest absolute Gasteiger partial charge is 0.461 e. The van der Waals surface area contributed by atoms with Crippen molar-refractivity contribution in [3.63, 3.8) is 0 Å². The fourth-order valence-electron chi connectivity index (χ4n) is 2.25. The molecule has 1 aliphatic rings. The molecule has 94 valence electrons. The molecule has 1 aromatic heterocycles. The summed E-state index contributed by atoms with van der Waals surface area (Å²) in [4.78, 5) is 11.6. The van der Waals surface area contributed by atoms with Crippen LogP contribution in [0.5, 0.6) is 0 Å². The van der Waals surface area contributed by atoms with Gasteiger partial charge in [0.15, 0.2) is 5.69 Å². The maximum atomic E-state index is 11.6. The summed E-state index contributed by atoms with van der Waals surface area (Å²) in [6.45, 7) is 3.84. The van der Waals surface area contributed by atoms with Gasteiger partial charge in [0, 0.05) is 0 Å². The van der Waals surface area contributed by atoms with Crippen LogP contribution in [0.4, 0.5) is 0 Å². The highest BCUT2D eigenvalue weighted by atomic mass is 16.5. The van der Waals surface area contributed by atoms with Crippen LogP contribution in [0.1, 0.15) is 48.4 Å². The van der Waals surface area contributed by atoms with Gasteiger partial charge in [0.05, 0.1) is 24.4 Å². The number of carbonyl (C=O) groups is 1. The van der Waals surface area contributed by atoms with Crippen LogP contribution in [0.2, 0.25) is 0 Å². The molecule has 0 amide bonds. The Labute approximate surface area is 99.6 Å². The average Bonchev–Trinajstić information content (AvgIpc) is 2.85. The van der Waals surface area contributed by atoms with E-state index in [0.717, 1.165) is 19.3 Å². The highest BCUT2D eigenvalue weighted by Crippen LogP contribution is 2.30. The van der Waals surface area contributed by atoms with Crippen LogP contribution < -0.4 is 0 Å². The van der Waals surface area contributed by atoms with Gasteiger partial charge in [-0.05, 0) is 33.1 Å². The van der Waals surface area contributed by atoms with E-state index in [2.05, 4.69) is 10.3 Å². The number of aliphatic hydroxyl groups is 1. The zero-order valence-corrected chi connectivity index (χ0v) is 10.1. The lowest BCUT2D eigenvalue weighted by molar-refractivity contribution is 0.0518. The van der Waals surface area contributed by atoms with Crippen molar-refractivity contribution in [2.75, 3.05) is 6.61 Å². The van der Waals surface area contributed by atoms with Gasteiger partial charge in [-0.2, -0.15) is 0 Å². The van der Waals surface area contributed by atoms with Crippen LogP contribution >= 0.6 is 0 Å². The van der Waals surface area contributed by atoms with Gasteiger partial charge in [-0.25, -0.2) is 9.48 Å². The highest BCUT2D eigenvalue weighted by molar-refractivity contribution is 5.88. The van der Waals surface area contributed by atoms with Crippen LogP contribution in [0.3, 0.4) is 0 Å². The van der Waals surface area contributed by atoms with Gasteiger partial charge in [0.25, 0.3) is 0 Å². The zero-order chi connectivity index (χ0) is 12.4. The zero-order valence-electron chi connectivity index (χ0n) is 10.1. The van der Waals surface area contributed by atoms with Crippen molar-refractivity contribution >= 4 is 5.97 Å². The van der Waals surface area contributed by atoms with Gasteiger partial charge in [0.1, 0.15) is 0 Å². The van der Waals surface area contributed by atoms with Gasteiger partial charge in [-0.1, -0.05) is 5.21 Å². The van der Waals surface area contributed by atoms with Crippen molar-refractivity contribution < 1.29 is 14.6 Å². The molecule has 0 saturated heterocycles. The first-order valence-electron chi connectivity index (χ1n) is 5.92. The summed E-state index contributed by atoms with van der Waals surface area (Å²) in [5.41, 5.74) is 0.903. The van der Waals surface area contributed by atoms with Crippen molar-refractivity contribution in [2.24, 2.45) is 0 Å². The molecule has 1 N–H and O–H groups in total. The minimum absolute atomic E-state index is 0.0642. The molecule has 2 unspecified atom stereocenters. The molecule has 0 radical (unpaired) electrons. The topological polar surface area (TPSA) is 77.2 Å². The molecular weight excluding hydrogens is 222 g/mol. The number of hydrogen-bond acceptors (Lipinski definition) is 5. The summed E-state index contributed by atoms with van der Waals surface area (Å²) in [6, 6.07) is -0.0642. The Morgan fingerprint density at radius 3 is 2.94 bits per heavy atom. The van der Waals surface area contributed by atoms with Crippen LogP contribution in [-0.2, 0) is 4.74 Å². The molecule has 1 heterocycles. The van der Waals surface area contributed by atoms with Gasteiger partial charge in [-0.15, -0.1) is 5.10 Å². The van der Waals surface area contributed by atoms with Crippen LogP contribution in [-0.4, -0.2) is 38.8 Å². The molecule has 1 fully saturated rings. The number of esters is 1. The first kappa shape index (κ1) is 12.0. The molecule has 17 heavy (non-hydrogen) atoms. The van der Waals surface area contributed by atoms with E-state index < -0.39 is 12.1 Å². The fraction of sp³-hybridized carbons (Fsp3) is 0.727. The normalized spacial score (nSPS) is 23.9. The maximum absolute atomic E-state index is 11.6. The SMILES string of the molecule is CCOC(=O)c1nnn(C2CCCC2O)c1C. The molecule has 0 aromatic carbocycles. The number of nitrogens with zero attached hydrogens (tertiary/aromatic N) is 3.